The molecule has 0 bridgehead atoms. The Bertz CT molecular complexity index is 1060. The average molecular weight is 373 g/mol. The minimum absolute atomic E-state index is 0.149. The molecule has 0 saturated heterocycles. The third kappa shape index (κ3) is 2.72. The third-order valence-electron chi connectivity index (χ3n) is 4.06. The molecule has 1 amide bonds. The summed E-state index contributed by atoms with van der Waals surface area (Å²) in [5.41, 5.74) is 2.10. The highest BCUT2D eigenvalue weighted by Crippen LogP contribution is 2.40. The first-order valence-electron chi connectivity index (χ1n) is 7.79. The third-order valence-corrected chi connectivity index (χ3v) is 6.70. The Hall–Kier alpha value is -2.29. The number of amides is 1. The molecule has 0 aliphatic carbocycles. The van der Waals surface area contributed by atoms with Crippen molar-refractivity contribution >= 4 is 43.2 Å². The highest BCUT2D eigenvalue weighted by Gasteiger charge is 2.35. The van der Waals surface area contributed by atoms with Crippen molar-refractivity contribution in [1.82, 2.24) is 9.71 Å². The smallest absolute Gasteiger partial charge is 0.240 e. The van der Waals surface area contributed by atoms with Crippen LogP contribution in [-0.4, -0.2) is 25.9 Å². The van der Waals surface area contributed by atoms with Gasteiger partial charge in [0, 0.05) is 12.2 Å². The number of hydrogen-bond donors (Lipinski definition) is 2. The van der Waals surface area contributed by atoms with Gasteiger partial charge in [0.2, 0.25) is 15.9 Å². The van der Waals surface area contributed by atoms with Gasteiger partial charge >= 0.3 is 0 Å². The quantitative estimate of drug-likeness (QED) is 0.736. The molecule has 1 atom stereocenters. The van der Waals surface area contributed by atoms with E-state index in [1.54, 1.807) is 19.1 Å². The molecule has 4 rings (SSSR count). The Kier molecular flexibility index (Phi) is 3.82. The van der Waals surface area contributed by atoms with E-state index in [9.17, 15) is 13.2 Å². The van der Waals surface area contributed by atoms with E-state index in [0.29, 0.717) is 22.8 Å². The topological polar surface area (TPSA) is 88.2 Å². The van der Waals surface area contributed by atoms with Crippen molar-refractivity contribution in [2.24, 2.45) is 0 Å². The van der Waals surface area contributed by atoms with Crippen LogP contribution in [0.3, 0.4) is 0 Å². The first-order valence-corrected chi connectivity index (χ1v) is 10.1. The van der Waals surface area contributed by atoms with Gasteiger partial charge in [0.15, 0.2) is 0 Å². The summed E-state index contributed by atoms with van der Waals surface area (Å²) in [6.45, 7) is 2.03. The lowest BCUT2D eigenvalue weighted by Crippen LogP contribution is -2.23. The minimum atomic E-state index is -3.59. The lowest BCUT2D eigenvalue weighted by molar-refractivity contribution is -0.116. The Morgan fingerprint density at radius 1 is 1.24 bits per heavy atom. The van der Waals surface area contributed by atoms with Crippen LogP contribution in [0.2, 0.25) is 0 Å². The van der Waals surface area contributed by atoms with Gasteiger partial charge in [-0.05, 0) is 35.9 Å². The fourth-order valence-corrected chi connectivity index (χ4v) is 5.10. The van der Waals surface area contributed by atoms with Crippen molar-refractivity contribution in [2.45, 2.75) is 17.7 Å². The number of rotatable bonds is 4. The molecule has 3 aromatic rings. The van der Waals surface area contributed by atoms with E-state index in [0.717, 1.165) is 10.2 Å². The second kappa shape index (κ2) is 5.91. The molecule has 2 heterocycles. The van der Waals surface area contributed by atoms with Crippen LogP contribution in [-0.2, 0) is 14.8 Å². The normalized spacial score (nSPS) is 16.8. The number of fused-ring (bicyclic) bond motifs is 2. The van der Waals surface area contributed by atoms with Crippen molar-refractivity contribution < 1.29 is 13.2 Å². The van der Waals surface area contributed by atoms with E-state index in [-0.39, 0.29) is 10.8 Å². The maximum Gasteiger partial charge on any atom is 0.240 e. The van der Waals surface area contributed by atoms with Crippen LogP contribution in [0.4, 0.5) is 5.69 Å². The summed E-state index contributed by atoms with van der Waals surface area (Å²) < 4.78 is 28.0. The number of para-hydroxylation sites is 1. The Morgan fingerprint density at radius 3 is 2.80 bits per heavy atom. The first kappa shape index (κ1) is 16.2. The monoisotopic (exact) mass is 373 g/mol. The summed E-state index contributed by atoms with van der Waals surface area (Å²) in [6, 6.07) is 12.4. The molecular formula is C17H15N3O3S2. The van der Waals surface area contributed by atoms with Gasteiger partial charge < -0.3 is 5.32 Å². The molecule has 25 heavy (non-hydrogen) atoms. The minimum Gasteiger partial charge on any atom is -0.325 e. The van der Waals surface area contributed by atoms with Crippen molar-refractivity contribution in [3.8, 4) is 0 Å². The number of thiazole rings is 1. The number of benzene rings is 2. The summed E-state index contributed by atoms with van der Waals surface area (Å²) in [5.74, 6) is -0.781. The van der Waals surface area contributed by atoms with Crippen LogP contribution >= 0.6 is 11.3 Å². The summed E-state index contributed by atoms with van der Waals surface area (Å²) in [7, 11) is -3.59. The van der Waals surface area contributed by atoms with E-state index in [2.05, 4.69) is 15.0 Å². The number of anilines is 1. The molecule has 2 N–H and O–H groups in total. The second-order valence-corrected chi connectivity index (χ2v) is 8.52. The van der Waals surface area contributed by atoms with Crippen LogP contribution in [0.5, 0.6) is 0 Å². The highest BCUT2D eigenvalue weighted by molar-refractivity contribution is 7.89. The van der Waals surface area contributed by atoms with Crippen molar-refractivity contribution in [2.75, 3.05) is 11.9 Å². The lowest BCUT2D eigenvalue weighted by atomic mass is 10.0. The standard InChI is InChI=1S/C17H15N3O3S2/c1-2-18-25(22,23)10-7-8-12-11(9-10)15(16(21)19-12)17-20-13-5-3-4-6-14(13)24-17/h3-9,15,18H,2H2,1H3,(H,19,21). The van der Waals surface area contributed by atoms with Gasteiger partial charge in [0.25, 0.3) is 0 Å². The summed E-state index contributed by atoms with van der Waals surface area (Å²) in [4.78, 5) is 17.2. The number of nitrogens with one attached hydrogen (secondary N) is 2. The number of carbonyl (C=O) groups excluding carboxylic acids is 1. The van der Waals surface area contributed by atoms with Crippen molar-refractivity contribution in [1.29, 1.82) is 0 Å². The fraction of sp³-hybridized carbons (Fsp3) is 0.176. The molecular weight excluding hydrogens is 358 g/mol. The number of sulfonamides is 1. The number of nitrogens with zero attached hydrogens (tertiary/aromatic N) is 1. The zero-order valence-electron chi connectivity index (χ0n) is 13.3. The molecule has 128 valence electrons. The van der Waals surface area contributed by atoms with Crippen molar-refractivity contribution in [3.63, 3.8) is 0 Å². The lowest BCUT2D eigenvalue weighted by Gasteiger charge is -2.08. The second-order valence-electron chi connectivity index (χ2n) is 5.69. The molecule has 0 radical (unpaired) electrons. The summed E-state index contributed by atoms with van der Waals surface area (Å²) in [6.07, 6.45) is 0. The van der Waals surface area contributed by atoms with E-state index in [1.807, 2.05) is 24.3 Å². The molecule has 8 heteroatoms. The van der Waals surface area contributed by atoms with Gasteiger partial charge in [-0.1, -0.05) is 19.1 Å². The Balaban J connectivity index is 1.83. The van der Waals surface area contributed by atoms with Crippen LogP contribution in [0.1, 0.15) is 23.4 Å². The van der Waals surface area contributed by atoms with Crippen LogP contribution in [0, 0.1) is 0 Å². The van der Waals surface area contributed by atoms with E-state index in [4.69, 9.17) is 0 Å². The average Bonchev–Trinajstić information content (AvgIpc) is 3.13. The largest absolute Gasteiger partial charge is 0.325 e. The van der Waals surface area contributed by atoms with Gasteiger partial charge in [-0.3, -0.25) is 4.79 Å². The summed E-state index contributed by atoms with van der Waals surface area (Å²) in [5, 5.41) is 3.48. The zero-order valence-corrected chi connectivity index (χ0v) is 14.9. The predicted molar refractivity (Wildman–Crippen MR) is 97.4 cm³/mol. The van der Waals surface area contributed by atoms with Crippen LogP contribution in [0.15, 0.2) is 47.4 Å². The first-order chi connectivity index (χ1) is 12.0. The highest BCUT2D eigenvalue weighted by atomic mass is 32.2. The molecule has 0 saturated carbocycles. The zero-order chi connectivity index (χ0) is 17.6. The number of carbonyl (C=O) groups is 1. The van der Waals surface area contributed by atoms with E-state index < -0.39 is 15.9 Å². The van der Waals surface area contributed by atoms with Gasteiger partial charge in [-0.15, -0.1) is 11.3 Å². The molecule has 1 aromatic heterocycles. The van der Waals surface area contributed by atoms with Gasteiger partial charge in [0.1, 0.15) is 10.9 Å². The number of hydrogen-bond acceptors (Lipinski definition) is 5. The predicted octanol–water partition coefficient (Wildman–Crippen LogP) is 2.68. The number of aromatic nitrogens is 1. The fourth-order valence-electron chi connectivity index (χ4n) is 2.94. The molecule has 1 aliphatic rings. The Labute approximate surface area is 149 Å². The molecule has 0 spiro atoms. The SMILES string of the molecule is CCNS(=O)(=O)c1ccc2c(c1)C(c1nc3ccccc3s1)C(=O)N2. The Morgan fingerprint density at radius 2 is 2.04 bits per heavy atom. The van der Waals surface area contributed by atoms with Crippen LogP contribution < -0.4 is 10.0 Å². The van der Waals surface area contributed by atoms with Gasteiger partial charge in [0.05, 0.1) is 15.1 Å². The van der Waals surface area contributed by atoms with Crippen LogP contribution in [0.25, 0.3) is 10.2 Å². The molecule has 1 unspecified atom stereocenters. The molecule has 6 nitrogen and oxygen atoms in total. The maximum absolute atomic E-state index is 12.5. The molecule has 1 aliphatic heterocycles. The molecule has 0 fully saturated rings. The maximum atomic E-state index is 12.5. The van der Waals surface area contributed by atoms with E-state index >= 15 is 0 Å². The summed E-state index contributed by atoms with van der Waals surface area (Å²) >= 11 is 1.45. The van der Waals surface area contributed by atoms with Gasteiger partial charge in [-0.25, -0.2) is 18.1 Å². The van der Waals surface area contributed by atoms with E-state index in [1.165, 1.54) is 17.4 Å². The molecule has 2 aromatic carbocycles. The van der Waals surface area contributed by atoms with Gasteiger partial charge in [-0.2, -0.15) is 0 Å². The van der Waals surface area contributed by atoms with Crippen molar-refractivity contribution in [3.05, 3.63) is 53.0 Å².